The van der Waals surface area contributed by atoms with Gasteiger partial charge in [-0.25, -0.2) is 18.6 Å². The fourth-order valence-electron chi connectivity index (χ4n) is 2.19. The van der Waals surface area contributed by atoms with Crippen LogP contribution >= 0.6 is 11.3 Å². The molecule has 0 aliphatic heterocycles. The number of anilines is 1. The zero-order valence-electron chi connectivity index (χ0n) is 13.7. The molecule has 1 aromatic carbocycles. The summed E-state index contributed by atoms with van der Waals surface area (Å²) in [6.45, 7) is 3.82. The second-order valence-electron chi connectivity index (χ2n) is 5.85. The predicted octanol–water partition coefficient (Wildman–Crippen LogP) is 3.11. The third-order valence-electron chi connectivity index (χ3n) is 3.29. The van der Waals surface area contributed by atoms with Crippen molar-refractivity contribution in [2.75, 3.05) is 5.32 Å². The van der Waals surface area contributed by atoms with Gasteiger partial charge in [-0.3, -0.25) is 4.79 Å². The van der Waals surface area contributed by atoms with E-state index in [-0.39, 0.29) is 11.0 Å². The van der Waals surface area contributed by atoms with Gasteiger partial charge in [0.1, 0.15) is 6.04 Å². The number of primary amides is 1. The molecule has 0 spiro atoms. The van der Waals surface area contributed by atoms with Crippen molar-refractivity contribution in [3.05, 3.63) is 35.2 Å². The van der Waals surface area contributed by atoms with Gasteiger partial charge in [-0.2, -0.15) is 0 Å². The molecule has 25 heavy (non-hydrogen) atoms. The Morgan fingerprint density at radius 2 is 2.00 bits per heavy atom. The minimum atomic E-state index is -0.973. The SMILES string of the molecule is CC(C)C[C@@H](NC(N)=O)C(=O)Nc1nc(-c2ccc(F)c(F)c2)cs1. The second kappa shape index (κ2) is 8.02. The molecular formula is C16H18F2N4O2S. The van der Waals surface area contributed by atoms with E-state index in [0.717, 1.165) is 23.5 Å². The van der Waals surface area contributed by atoms with E-state index >= 15 is 0 Å². The summed E-state index contributed by atoms with van der Waals surface area (Å²) in [4.78, 5) is 27.5. The molecule has 0 aliphatic rings. The molecule has 0 fully saturated rings. The van der Waals surface area contributed by atoms with Gasteiger partial charge in [-0.05, 0) is 30.5 Å². The van der Waals surface area contributed by atoms with Crippen molar-refractivity contribution in [1.82, 2.24) is 10.3 Å². The smallest absolute Gasteiger partial charge is 0.312 e. The fraction of sp³-hybridized carbons (Fsp3) is 0.312. The average Bonchev–Trinajstić information content (AvgIpc) is 2.97. The van der Waals surface area contributed by atoms with Gasteiger partial charge < -0.3 is 16.4 Å². The number of aromatic nitrogens is 1. The maximum Gasteiger partial charge on any atom is 0.312 e. The van der Waals surface area contributed by atoms with E-state index in [4.69, 9.17) is 5.73 Å². The molecule has 134 valence electrons. The van der Waals surface area contributed by atoms with Gasteiger partial charge in [0.25, 0.3) is 0 Å². The lowest BCUT2D eigenvalue weighted by Crippen LogP contribution is -2.46. The third kappa shape index (κ3) is 5.21. The van der Waals surface area contributed by atoms with Crippen LogP contribution in [0, 0.1) is 17.6 Å². The normalized spacial score (nSPS) is 12.0. The number of carbonyl (C=O) groups is 2. The largest absolute Gasteiger partial charge is 0.352 e. The molecule has 0 saturated carbocycles. The van der Waals surface area contributed by atoms with E-state index in [9.17, 15) is 18.4 Å². The first-order valence-corrected chi connectivity index (χ1v) is 8.42. The highest BCUT2D eigenvalue weighted by Crippen LogP contribution is 2.26. The standard InChI is InChI=1S/C16H18F2N4O2S/c1-8(2)5-12(20-15(19)24)14(23)22-16-21-13(7-25-16)9-3-4-10(17)11(18)6-9/h3-4,6-8,12H,5H2,1-2H3,(H3,19,20,24)(H,21,22,23)/t12-/m1/s1. The van der Waals surface area contributed by atoms with Crippen LogP contribution < -0.4 is 16.4 Å². The molecule has 2 rings (SSSR count). The van der Waals surface area contributed by atoms with Crippen molar-refractivity contribution >= 4 is 28.4 Å². The number of nitrogens with two attached hydrogens (primary N) is 1. The Morgan fingerprint density at radius 1 is 1.28 bits per heavy atom. The number of hydrogen-bond acceptors (Lipinski definition) is 4. The molecule has 9 heteroatoms. The maximum absolute atomic E-state index is 13.3. The topological polar surface area (TPSA) is 97.1 Å². The van der Waals surface area contributed by atoms with Crippen molar-refractivity contribution in [3.63, 3.8) is 0 Å². The van der Waals surface area contributed by atoms with Crippen LogP contribution in [0.15, 0.2) is 23.6 Å². The summed E-state index contributed by atoms with van der Waals surface area (Å²) < 4.78 is 26.3. The summed E-state index contributed by atoms with van der Waals surface area (Å²) in [7, 11) is 0. The first-order valence-electron chi connectivity index (χ1n) is 7.54. The molecule has 1 atom stereocenters. The summed E-state index contributed by atoms with van der Waals surface area (Å²) >= 11 is 1.13. The fourth-order valence-corrected chi connectivity index (χ4v) is 2.91. The van der Waals surface area contributed by atoms with Gasteiger partial charge in [0, 0.05) is 10.9 Å². The van der Waals surface area contributed by atoms with Crippen molar-refractivity contribution in [2.24, 2.45) is 11.7 Å². The van der Waals surface area contributed by atoms with Crippen LogP contribution in [-0.2, 0) is 4.79 Å². The van der Waals surface area contributed by atoms with Crippen LogP contribution in [0.1, 0.15) is 20.3 Å². The van der Waals surface area contributed by atoms with Gasteiger partial charge >= 0.3 is 6.03 Å². The molecule has 1 aromatic heterocycles. The molecule has 6 nitrogen and oxygen atoms in total. The lowest BCUT2D eigenvalue weighted by Gasteiger charge is -2.18. The Balaban J connectivity index is 2.11. The Bertz CT molecular complexity index is 779. The second-order valence-corrected chi connectivity index (χ2v) is 6.70. The van der Waals surface area contributed by atoms with E-state index in [1.54, 1.807) is 5.38 Å². The Hall–Kier alpha value is -2.55. The summed E-state index contributed by atoms with van der Waals surface area (Å²) in [5.41, 5.74) is 5.90. The van der Waals surface area contributed by atoms with Crippen LogP contribution in [0.4, 0.5) is 18.7 Å². The number of nitrogens with one attached hydrogen (secondary N) is 2. The number of thiazole rings is 1. The summed E-state index contributed by atoms with van der Waals surface area (Å²) in [5, 5.41) is 6.89. The van der Waals surface area contributed by atoms with Gasteiger partial charge in [0.2, 0.25) is 5.91 Å². The number of nitrogens with zero attached hydrogens (tertiary/aromatic N) is 1. The molecule has 0 aliphatic carbocycles. The molecule has 1 heterocycles. The molecule has 0 saturated heterocycles. The van der Waals surface area contributed by atoms with Crippen LogP contribution in [-0.4, -0.2) is 23.0 Å². The monoisotopic (exact) mass is 368 g/mol. The molecule has 4 N–H and O–H groups in total. The number of benzene rings is 1. The van der Waals surface area contributed by atoms with E-state index in [2.05, 4.69) is 15.6 Å². The van der Waals surface area contributed by atoms with Gasteiger partial charge in [0.05, 0.1) is 5.69 Å². The highest BCUT2D eigenvalue weighted by Gasteiger charge is 2.22. The third-order valence-corrected chi connectivity index (χ3v) is 4.05. The number of rotatable bonds is 6. The lowest BCUT2D eigenvalue weighted by molar-refractivity contribution is -0.118. The Kier molecular flexibility index (Phi) is 6.02. The highest BCUT2D eigenvalue weighted by molar-refractivity contribution is 7.14. The Morgan fingerprint density at radius 3 is 2.60 bits per heavy atom. The number of carbonyl (C=O) groups excluding carboxylic acids is 2. The van der Waals surface area contributed by atoms with E-state index in [1.165, 1.54) is 6.07 Å². The number of halogens is 2. The summed E-state index contributed by atoms with van der Waals surface area (Å²) in [6.07, 6.45) is 0.413. The van der Waals surface area contributed by atoms with Gasteiger partial charge in [0.15, 0.2) is 16.8 Å². The molecule has 0 radical (unpaired) electrons. The molecule has 2 aromatic rings. The number of hydrogen-bond donors (Lipinski definition) is 3. The molecular weight excluding hydrogens is 350 g/mol. The first-order chi connectivity index (χ1) is 11.8. The van der Waals surface area contributed by atoms with Gasteiger partial charge in [-0.15, -0.1) is 11.3 Å². The van der Waals surface area contributed by atoms with Gasteiger partial charge in [-0.1, -0.05) is 13.8 Å². The predicted molar refractivity (Wildman–Crippen MR) is 92.1 cm³/mol. The van der Waals surface area contributed by atoms with Crippen LogP contribution in [0.5, 0.6) is 0 Å². The van der Waals surface area contributed by atoms with Crippen molar-refractivity contribution in [1.29, 1.82) is 0 Å². The van der Waals surface area contributed by atoms with Crippen LogP contribution in [0.3, 0.4) is 0 Å². The zero-order chi connectivity index (χ0) is 18.6. The summed E-state index contributed by atoms with van der Waals surface area (Å²) in [6, 6.07) is 1.87. The van der Waals surface area contributed by atoms with Crippen LogP contribution in [0.25, 0.3) is 11.3 Å². The van der Waals surface area contributed by atoms with E-state index in [1.807, 2.05) is 13.8 Å². The highest BCUT2D eigenvalue weighted by atomic mass is 32.1. The van der Waals surface area contributed by atoms with Crippen molar-refractivity contribution < 1.29 is 18.4 Å². The van der Waals surface area contributed by atoms with E-state index in [0.29, 0.717) is 17.7 Å². The van der Waals surface area contributed by atoms with E-state index < -0.39 is 29.6 Å². The first kappa shape index (κ1) is 18.8. The zero-order valence-corrected chi connectivity index (χ0v) is 14.5. The molecule has 0 unspecified atom stereocenters. The van der Waals surface area contributed by atoms with Crippen molar-refractivity contribution in [3.8, 4) is 11.3 Å². The lowest BCUT2D eigenvalue weighted by atomic mass is 10.0. The van der Waals surface area contributed by atoms with Crippen LogP contribution in [0.2, 0.25) is 0 Å². The average molecular weight is 368 g/mol. The molecule has 0 bridgehead atoms. The maximum atomic E-state index is 13.3. The summed E-state index contributed by atoms with van der Waals surface area (Å²) in [5.74, 6) is -2.20. The Labute approximate surface area is 147 Å². The molecule has 3 amide bonds. The minimum absolute atomic E-state index is 0.164. The number of amides is 3. The number of urea groups is 1. The quantitative estimate of drug-likeness (QED) is 0.731. The van der Waals surface area contributed by atoms with Crippen molar-refractivity contribution in [2.45, 2.75) is 26.3 Å². The minimum Gasteiger partial charge on any atom is -0.352 e.